The normalized spacial score (nSPS) is 21.6. The number of hydrogen-bond acceptors (Lipinski definition) is 4. The highest BCUT2D eigenvalue weighted by atomic mass is 35.5. The molecule has 0 aliphatic carbocycles. The molecule has 0 radical (unpaired) electrons. The number of ether oxygens (including phenoxy) is 1. The number of methoxy groups -OCH3 is 1. The molecular formula is C19H26ClN3O3. The summed E-state index contributed by atoms with van der Waals surface area (Å²) < 4.78 is 5.29. The summed E-state index contributed by atoms with van der Waals surface area (Å²) >= 11 is 6.04. The van der Waals surface area contributed by atoms with Crippen molar-refractivity contribution in [3.05, 3.63) is 28.8 Å². The second-order valence-corrected chi connectivity index (χ2v) is 7.43. The first-order chi connectivity index (χ1) is 12.5. The first-order valence-electron chi connectivity index (χ1n) is 9.15. The predicted octanol–water partition coefficient (Wildman–Crippen LogP) is 2.02. The summed E-state index contributed by atoms with van der Waals surface area (Å²) in [5, 5.41) is 3.81. The lowest BCUT2D eigenvalue weighted by atomic mass is 9.94. The molecule has 0 spiro atoms. The number of amides is 2. The third-order valence-electron chi connectivity index (χ3n) is 5.31. The van der Waals surface area contributed by atoms with Crippen LogP contribution in [0.5, 0.6) is 5.75 Å². The average molecular weight is 380 g/mol. The molecule has 0 aromatic heterocycles. The van der Waals surface area contributed by atoms with E-state index in [0.29, 0.717) is 42.3 Å². The quantitative estimate of drug-likeness (QED) is 0.872. The highest BCUT2D eigenvalue weighted by Crippen LogP contribution is 2.27. The lowest BCUT2D eigenvalue weighted by molar-refractivity contribution is -0.139. The maximum atomic E-state index is 12.8. The summed E-state index contributed by atoms with van der Waals surface area (Å²) in [4.78, 5) is 29.4. The molecular weight excluding hydrogens is 354 g/mol. The SMILES string of the molecule is COc1ccc(Cl)cc1C(=O)N1CCC(C(=O)N2CCNC[C@@H]2C)CC1. The molecule has 2 amide bonds. The van der Waals surface area contributed by atoms with Gasteiger partial charge in [0.05, 0.1) is 12.7 Å². The third kappa shape index (κ3) is 3.96. The minimum Gasteiger partial charge on any atom is -0.496 e. The first-order valence-corrected chi connectivity index (χ1v) is 9.53. The van der Waals surface area contributed by atoms with Crippen LogP contribution in [0.3, 0.4) is 0 Å². The Morgan fingerprint density at radius 2 is 1.96 bits per heavy atom. The van der Waals surface area contributed by atoms with Crippen LogP contribution < -0.4 is 10.1 Å². The highest BCUT2D eigenvalue weighted by Gasteiger charge is 2.33. The van der Waals surface area contributed by atoms with Gasteiger partial charge in [-0.25, -0.2) is 0 Å². The van der Waals surface area contributed by atoms with E-state index in [-0.39, 0.29) is 23.8 Å². The molecule has 0 saturated carbocycles. The van der Waals surface area contributed by atoms with E-state index in [0.717, 1.165) is 19.6 Å². The number of benzene rings is 1. The second-order valence-electron chi connectivity index (χ2n) is 7.00. The Bertz CT molecular complexity index is 674. The summed E-state index contributed by atoms with van der Waals surface area (Å²) in [6.07, 6.45) is 1.40. The molecule has 6 nitrogen and oxygen atoms in total. The van der Waals surface area contributed by atoms with Crippen LogP contribution in [0.1, 0.15) is 30.1 Å². The Morgan fingerprint density at radius 1 is 1.23 bits per heavy atom. The van der Waals surface area contributed by atoms with E-state index in [1.165, 1.54) is 0 Å². The summed E-state index contributed by atoms with van der Waals surface area (Å²) in [5.41, 5.74) is 0.473. The minimum absolute atomic E-state index is 0.000793. The number of rotatable bonds is 3. The van der Waals surface area contributed by atoms with Gasteiger partial charge in [-0.3, -0.25) is 9.59 Å². The van der Waals surface area contributed by atoms with Crippen LogP contribution in [0.2, 0.25) is 5.02 Å². The van der Waals surface area contributed by atoms with Crippen LogP contribution in [0.25, 0.3) is 0 Å². The average Bonchev–Trinajstić information content (AvgIpc) is 2.67. The van der Waals surface area contributed by atoms with Crippen molar-refractivity contribution in [3.63, 3.8) is 0 Å². The highest BCUT2D eigenvalue weighted by molar-refractivity contribution is 6.31. The lowest BCUT2D eigenvalue weighted by Crippen LogP contribution is -2.55. The van der Waals surface area contributed by atoms with Gasteiger partial charge in [0.2, 0.25) is 5.91 Å². The number of carbonyl (C=O) groups is 2. The number of likely N-dealkylation sites (tertiary alicyclic amines) is 1. The van der Waals surface area contributed by atoms with Gasteiger partial charge in [-0.05, 0) is 38.0 Å². The summed E-state index contributed by atoms with van der Waals surface area (Å²) in [7, 11) is 1.54. The van der Waals surface area contributed by atoms with E-state index < -0.39 is 0 Å². The van der Waals surface area contributed by atoms with Crippen molar-refractivity contribution in [2.24, 2.45) is 5.92 Å². The topological polar surface area (TPSA) is 61.9 Å². The Labute approximate surface area is 159 Å². The number of hydrogen-bond donors (Lipinski definition) is 1. The molecule has 2 heterocycles. The van der Waals surface area contributed by atoms with Gasteiger partial charge < -0.3 is 19.9 Å². The summed E-state index contributed by atoms with van der Waals surface area (Å²) in [6.45, 7) is 5.68. The summed E-state index contributed by atoms with van der Waals surface area (Å²) in [5.74, 6) is 0.658. The van der Waals surface area contributed by atoms with E-state index in [4.69, 9.17) is 16.3 Å². The number of halogens is 1. The first kappa shape index (κ1) is 19.0. The van der Waals surface area contributed by atoms with Crippen LogP contribution in [-0.4, -0.2) is 67.5 Å². The Kier molecular flexibility index (Phi) is 6.04. The zero-order valence-electron chi connectivity index (χ0n) is 15.3. The largest absolute Gasteiger partial charge is 0.496 e. The van der Waals surface area contributed by atoms with Gasteiger partial charge in [-0.1, -0.05) is 11.6 Å². The molecule has 1 atom stereocenters. The molecule has 1 aromatic rings. The molecule has 2 fully saturated rings. The van der Waals surface area contributed by atoms with Gasteiger partial charge in [0, 0.05) is 49.7 Å². The van der Waals surface area contributed by atoms with Gasteiger partial charge in [-0.15, -0.1) is 0 Å². The minimum atomic E-state index is -0.0919. The Morgan fingerprint density at radius 3 is 2.62 bits per heavy atom. The molecule has 1 N–H and O–H groups in total. The molecule has 142 valence electrons. The van der Waals surface area contributed by atoms with E-state index in [1.807, 2.05) is 4.90 Å². The van der Waals surface area contributed by atoms with Crippen molar-refractivity contribution >= 4 is 23.4 Å². The van der Waals surface area contributed by atoms with Gasteiger partial charge in [-0.2, -0.15) is 0 Å². The van der Waals surface area contributed by atoms with Crippen molar-refractivity contribution < 1.29 is 14.3 Å². The van der Waals surface area contributed by atoms with Crippen molar-refractivity contribution in [1.29, 1.82) is 0 Å². The molecule has 2 aliphatic heterocycles. The molecule has 0 bridgehead atoms. The molecule has 3 rings (SSSR count). The van der Waals surface area contributed by atoms with E-state index in [9.17, 15) is 9.59 Å². The van der Waals surface area contributed by atoms with Crippen molar-refractivity contribution in [3.8, 4) is 5.75 Å². The van der Waals surface area contributed by atoms with Crippen LogP contribution in [0.4, 0.5) is 0 Å². The zero-order valence-corrected chi connectivity index (χ0v) is 16.1. The zero-order chi connectivity index (χ0) is 18.7. The van der Waals surface area contributed by atoms with Crippen molar-refractivity contribution in [2.45, 2.75) is 25.8 Å². The standard InChI is InChI=1S/C19H26ClN3O3/c1-13-12-21-7-10-23(13)18(24)14-5-8-22(9-6-14)19(25)16-11-15(20)3-4-17(16)26-2/h3-4,11,13-14,21H,5-10,12H2,1-2H3/t13-/m0/s1. The lowest BCUT2D eigenvalue weighted by Gasteiger charge is -2.39. The van der Waals surface area contributed by atoms with E-state index >= 15 is 0 Å². The number of nitrogens with zero attached hydrogens (tertiary/aromatic N) is 2. The fraction of sp³-hybridized carbons (Fsp3) is 0.579. The third-order valence-corrected chi connectivity index (χ3v) is 5.54. The molecule has 7 heteroatoms. The second kappa shape index (κ2) is 8.27. The number of piperidine rings is 1. The Balaban J connectivity index is 1.62. The van der Waals surface area contributed by atoms with Crippen LogP contribution in [0, 0.1) is 5.92 Å². The van der Waals surface area contributed by atoms with E-state index in [2.05, 4.69) is 12.2 Å². The molecule has 1 aromatic carbocycles. The number of nitrogens with one attached hydrogen (secondary N) is 1. The van der Waals surface area contributed by atoms with Crippen LogP contribution in [-0.2, 0) is 4.79 Å². The van der Waals surface area contributed by atoms with Gasteiger partial charge in [0.15, 0.2) is 0 Å². The maximum Gasteiger partial charge on any atom is 0.257 e. The van der Waals surface area contributed by atoms with Crippen LogP contribution >= 0.6 is 11.6 Å². The molecule has 2 saturated heterocycles. The van der Waals surface area contributed by atoms with Gasteiger partial charge in [0.1, 0.15) is 5.75 Å². The van der Waals surface area contributed by atoms with Crippen LogP contribution in [0.15, 0.2) is 18.2 Å². The van der Waals surface area contributed by atoms with Gasteiger partial charge >= 0.3 is 0 Å². The van der Waals surface area contributed by atoms with Crippen molar-refractivity contribution in [2.75, 3.05) is 39.8 Å². The smallest absolute Gasteiger partial charge is 0.257 e. The van der Waals surface area contributed by atoms with E-state index in [1.54, 1.807) is 30.2 Å². The monoisotopic (exact) mass is 379 g/mol. The molecule has 2 aliphatic rings. The molecule has 26 heavy (non-hydrogen) atoms. The molecule has 0 unspecified atom stereocenters. The maximum absolute atomic E-state index is 12.8. The fourth-order valence-corrected chi connectivity index (χ4v) is 3.92. The fourth-order valence-electron chi connectivity index (χ4n) is 3.75. The summed E-state index contributed by atoms with van der Waals surface area (Å²) in [6, 6.07) is 5.28. The predicted molar refractivity (Wildman–Crippen MR) is 101 cm³/mol. The number of carbonyl (C=O) groups excluding carboxylic acids is 2. The Hall–Kier alpha value is -1.79. The number of piperazine rings is 1. The van der Waals surface area contributed by atoms with Crippen molar-refractivity contribution in [1.82, 2.24) is 15.1 Å². The van der Waals surface area contributed by atoms with Gasteiger partial charge in [0.25, 0.3) is 5.91 Å².